The van der Waals surface area contributed by atoms with Gasteiger partial charge < -0.3 is 4.42 Å². The second-order valence-corrected chi connectivity index (χ2v) is 5.25. The molecule has 0 spiro atoms. The minimum Gasteiger partial charge on any atom is -0.464 e. The zero-order valence-electron chi connectivity index (χ0n) is 12.3. The average Bonchev–Trinajstić information content (AvgIpc) is 3.02. The van der Waals surface area contributed by atoms with Gasteiger partial charge in [-0.1, -0.05) is 17.6 Å². The number of ketones is 3. The van der Waals surface area contributed by atoms with Crippen molar-refractivity contribution in [1.82, 2.24) is 0 Å². The number of fused-ring (bicyclic) bond motifs is 1. The normalized spacial score (nSPS) is 14.7. The third-order valence-electron chi connectivity index (χ3n) is 3.70. The highest BCUT2D eigenvalue weighted by molar-refractivity contribution is 6.68. The molecule has 120 valence electrons. The van der Waals surface area contributed by atoms with Crippen LogP contribution in [0.3, 0.4) is 0 Å². The van der Waals surface area contributed by atoms with Gasteiger partial charge in [0.05, 0.1) is 16.7 Å². The highest BCUT2D eigenvalue weighted by Gasteiger charge is 2.36. The molecule has 1 aliphatic carbocycles. The molecule has 0 atom stereocenters. The number of furan rings is 1. The molecule has 0 saturated heterocycles. The summed E-state index contributed by atoms with van der Waals surface area (Å²) in [4.78, 5) is 36.4. The third-order valence-corrected chi connectivity index (χ3v) is 3.70. The highest BCUT2D eigenvalue weighted by atomic mass is 19.4. The lowest BCUT2D eigenvalue weighted by Crippen LogP contribution is -2.25. The van der Waals surface area contributed by atoms with Gasteiger partial charge in [0.1, 0.15) is 27.7 Å². The Morgan fingerprint density at radius 1 is 1.04 bits per heavy atom. The lowest BCUT2D eigenvalue weighted by molar-refractivity contribution is -0.137. The van der Waals surface area contributed by atoms with Crippen molar-refractivity contribution in [3.8, 4) is 0 Å². The van der Waals surface area contributed by atoms with Crippen LogP contribution < -0.4 is 0 Å². The van der Waals surface area contributed by atoms with Crippen molar-refractivity contribution in [2.75, 3.05) is 0 Å². The van der Waals surface area contributed by atoms with E-state index in [9.17, 15) is 27.6 Å². The molecule has 1 heterocycles. The third kappa shape index (κ3) is 2.65. The molecule has 0 saturated carbocycles. The van der Waals surface area contributed by atoms with Crippen molar-refractivity contribution in [1.29, 1.82) is 0 Å². The predicted octanol–water partition coefficient (Wildman–Crippen LogP) is 2.30. The second kappa shape index (κ2) is 5.61. The molecule has 0 unspecified atom stereocenters. The van der Waals surface area contributed by atoms with Crippen molar-refractivity contribution in [2.24, 2.45) is 0 Å². The quantitative estimate of drug-likeness (QED) is 0.478. The Balaban J connectivity index is 2.12. The van der Waals surface area contributed by atoms with Crippen LogP contribution >= 0.6 is 0 Å². The molecule has 1 aromatic heterocycles. The van der Waals surface area contributed by atoms with Crippen LogP contribution in [-0.4, -0.2) is 33.0 Å². The van der Waals surface area contributed by atoms with Crippen LogP contribution in [0.2, 0.25) is 0 Å². The fraction of sp³-hybridized carbons (Fsp3) is 0.0625. The maximum Gasteiger partial charge on any atom is 0.416 e. The van der Waals surface area contributed by atoms with E-state index in [1.54, 1.807) is 0 Å². The van der Waals surface area contributed by atoms with Crippen LogP contribution in [0.4, 0.5) is 13.2 Å². The molecule has 3 rings (SSSR count). The summed E-state index contributed by atoms with van der Waals surface area (Å²) in [6, 6.07) is 3.66. The number of rotatable bonds is 2. The molecule has 0 N–H and O–H groups in total. The summed E-state index contributed by atoms with van der Waals surface area (Å²) in [5.41, 5.74) is -2.92. The largest absolute Gasteiger partial charge is 0.464 e. The Hall–Kier alpha value is -2.83. The molecule has 25 heavy (non-hydrogen) atoms. The van der Waals surface area contributed by atoms with E-state index in [-0.39, 0.29) is 22.4 Å². The lowest BCUT2D eigenvalue weighted by Gasteiger charge is -2.14. The molecular formula is C16H5B2F3O4. The standard InChI is InChI=1S/C16H5B2F3O4/c17-10-11(18)15-9(13(23)14(10)24)8(5-25-15)12(22)6-2-1-3-7(4-6)16(19,20)21/h1-5H. The van der Waals surface area contributed by atoms with Crippen LogP contribution in [0.1, 0.15) is 37.6 Å². The molecule has 0 aliphatic heterocycles. The van der Waals surface area contributed by atoms with Gasteiger partial charge in [-0.25, -0.2) is 0 Å². The molecule has 0 amide bonds. The fourth-order valence-corrected chi connectivity index (χ4v) is 2.42. The van der Waals surface area contributed by atoms with Crippen molar-refractivity contribution in [3.63, 3.8) is 0 Å². The Labute approximate surface area is 141 Å². The van der Waals surface area contributed by atoms with E-state index in [4.69, 9.17) is 20.1 Å². The molecule has 2 aromatic rings. The first kappa shape index (κ1) is 17.0. The Bertz CT molecular complexity index is 970. The zero-order valence-corrected chi connectivity index (χ0v) is 12.3. The van der Waals surface area contributed by atoms with Gasteiger partial charge in [-0.2, -0.15) is 13.2 Å². The molecule has 0 bridgehead atoms. The number of carbonyl (C=O) groups is 3. The molecule has 1 aromatic carbocycles. The summed E-state index contributed by atoms with van der Waals surface area (Å²) in [6.45, 7) is 0. The Kier molecular flexibility index (Phi) is 3.82. The van der Waals surface area contributed by atoms with Crippen LogP contribution in [0.5, 0.6) is 0 Å². The van der Waals surface area contributed by atoms with Crippen molar-refractivity contribution in [3.05, 3.63) is 64.0 Å². The summed E-state index contributed by atoms with van der Waals surface area (Å²) >= 11 is 0. The number of hydrogen-bond donors (Lipinski definition) is 0. The van der Waals surface area contributed by atoms with E-state index in [2.05, 4.69) is 0 Å². The van der Waals surface area contributed by atoms with E-state index < -0.39 is 40.1 Å². The first-order valence-electron chi connectivity index (χ1n) is 6.81. The number of allylic oxidation sites excluding steroid dienone is 1. The van der Waals surface area contributed by atoms with Crippen molar-refractivity contribution < 1.29 is 32.0 Å². The summed E-state index contributed by atoms with van der Waals surface area (Å²) in [5.74, 6) is -3.38. The van der Waals surface area contributed by atoms with Gasteiger partial charge in [-0.3, -0.25) is 14.4 Å². The van der Waals surface area contributed by atoms with Gasteiger partial charge >= 0.3 is 6.18 Å². The maximum atomic E-state index is 12.8. The number of alkyl halides is 3. The van der Waals surface area contributed by atoms with Crippen LogP contribution in [0.25, 0.3) is 5.47 Å². The number of halogens is 3. The van der Waals surface area contributed by atoms with Gasteiger partial charge in [0, 0.05) is 5.56 Å². The zero-order chi connectivity index (χ0) is 18.5. The monoisotopic (exact) mass is 340 g/mol. The van der Waals surface area contributed by atoms with Crippen LogP contribution in [-0.2, 0) is 11.0 Å². The molecule has 4 nitrogen and oxygen atoms in total. The summed E-state index contributed by atoms with van der Waals surface area (Å²) in [5, 5.41) is 0. The summed E-state index contributed by atoms with van der Waals surface area (Å²) < 4.78 is 43.4. The van der Waals surface area contributed by atoms with Gasteiger partial charge in [0.2, 0.25) is 11.6 Å². The van der Waals surface area contributed by atoms with Crippen LogP contribution in [0, 0.1) is 0 Å². The second-order valence-electron chi connectivity index (χ2n) is 5.25. The molecule has 4 radical (unpaired) electrons. The lowest BCUT2D eigenvalue weighted by atomic mass is 9.70. The SMILES string of the molecule is [B]C1=C([B])c2occ(C(=O)c3cccc(C(F)(F)F)c3)c2C(=O)C1=O. The summed E-state index contributed by atoms with van der Waals surface area (Å²) in [6.07, 6.45) is -3.77. The minimum absolute atomic E-state index is 0.252. The predicted molar refractivity (Wildman–Crippen MR) is 81.4 cm³/mol. The molecule has 0 fully saturated rings. The van der Waals surface area contributed by atoms with E-state index in [0.717, 1.165) is 24.5 Å². The molecule has 1 aliphatic rings. The molecule has 9 heteroatoms. The van der Waals surface area contributed by atoms with Gasteiger partial charge in [0.15, 0.2) is 5.78 Å². The van der Waals surface area contributed by atoms with Gasteiger partial charge in [-0.05, 0) is 17.6 Å². The number of carbonyl (C=O) groups excluding carboxylic acids is 3. The first-order valence-corrected chi connectivity index (χ1v) is 6.81. The number of Topliss-reactive ketones (excluding diaryl/α,β-unsaturated/α-hetero) is 2. The minimum atomic E-state index is -4.64. The topological polar surface area (TPSA) is 64.3 Å². The average molecular weight is 340 g/mol. The molecular weight excluding hydrogens is 335 g/mol. The number of hydrogen-bond acceptors (Lipinski definition) is 4. The van der Waals surface area contributed by atoms with E-state index in [1.807, 2.05) is 0 Å². The highest BCUT2D eigenvalue weighted by Crippen LogP contribution is 2.33. The van der Waals surface area contributed by atoms with Gasteiger partial charge in [-0.15, -0.1) is 0 Å². The van der Waals surface area contributed by atoms with Gasteiger partial charge in [0.25, 0.3) is 0 Å². The van der Waals surface area contributed by atoms with Crippen LogP contribution in [0.15, 0.2) is 40.4 Å². The smallest absolute Gasteiger partial charge is 0.416 e. The summed E-state index contributed by atoms with van der Waals surface area (Å²) in [7, 11) is 11.0. The van der Waals surface area contributed by atoms with Crippen molar-refractivity contribution in [2.45, 2.75) is 6.18 Å². The van der Waals surface area contributed by atoms with Crippen molar-refractivity contribution >= 4 is 38.5 Å². The maximum absolute atomic E-state index is 12.8. The van der Waals surface area contributed by atoms with E-state index >= 15 is 0 Å². The fourth-order valence-electron chi connectivity index (χ4n) is 2.42. The van der Waals surface area contributed by atoms with E-state index in [1.165, 1.54) is 0 Å². The number of benzene rings is 1. The Morgan fingerprint density at radius 2 is 1.72 bits per heavy atom. The first-order chi connectivity index (χ1) is 11.6. The van der Waals surface area contributed by atoms with E-state index in [0.29, 0.717) is 6.07 Å². The Morgan fingerprint density at radius 3 is 2.36 bits per heavy atom.